The van der Waals surface area contributed by atoms with Gasteiger partial charge in [-0.05, 0) is 49.8 Å². The molecule has 19 heavy (non-hydrogen) atoms. The summed E-state index contributed by atoms with van der Waals surface area (Å²) < 4.78 is 22.7. The van der Waals surface area contributed by atoms with Crippen molar-refractivity contribution >= 4 is 10.0 Å². The number of nitrogens with one attached hydrogen (secondary N) is 1. The van der Waals surface area contributed by atoms with E-state index in [9.17, 15) is 8.42 Å². The maximum Gasteiger partial charge on any atom is 0.238 e. The van der Waals surface area contributed by atoms with Crippen molar-refractivity contribution in [1.82, 2.24) is 5.32 Å². The summed E-state index contributed by atoms with van der Waals surface area (Å²) in [6.07, 6.45) is 3.65. The lowest BCUT2D eigenvalue weighted by atomic mass is 10.1. The average molecular weight is 282 g/mol. The molecule has 0 amide bonds. The molecule has 0 bridgehead atoms. The van der Waals surface area contributed by atoms with Crippen molar-refractivity contribution in [3.63, 3.8) is 0 Å². The predicted octanol–water partition coefficient (Wildman–Crippen LogP) is 2.17. The molecule has 5 heteroatoms. The molecule has 4 nitrogen and oxygen atoms in total. The molecule has 0 saturated heterocycles. The highest BCUT2D eigenvalue weighted by molar-refractivity contribution is 7.89. The molecule has 0 aliphatic heterocycles. The van der Waals surface area contributed by atoms with E-state index in [-0.39, 0.29) is 10.9 Å². The van der Waals surface area contributed by atoms with E-state index < -0.39 is 10.0 Å². The molecule has 1 saturated carbocycles. The Balaban J connectivity index is 2.09. The lowest BCUT2D eigenvalue weighted by molar-refractivity contribution is 0.449. The van der Waals surface area contributed by atoms with Crippen LogP contribution >= 0.6 is 0 Å². The fourth-order valence-corrected chi connectivity index (χ4v) is 3.34. The molecule has 3 atom stereocenters. The van der Waals surface area contributed by atoms with Gasteiger partial charge >= 0.3 is 0 Å². The summed E-state index contributed by atoms with van der Waals surface area (Å²) in [5.74, 6) is 0.778. The van der Waals surface area contributed by atoms with Crippen molar-refractivity contribution in [2.45, 2.75) is 50.1 Å². The van der Waals surface area contributed by atoms with E-state index in [1.165, 1.54) is 25.3 Å². The van der Waals surface area contributed by atoms with Crippen LogP contribution in [0.2, 0.25) is 0 Å². The van der Waals surface area contributed by atoms with Crippen LogP contribution in [0.15, 0.2) is 29.2 Å². The first-order valence-corrected chi connectivity index (χ1v) is 8.29. The monoisotopic (exact) mass is 282 g/mol. The van der Waals surface area contributed by atoms with Gasteiger partial charge in [-0.25, -0.2) is 13.6 Å². The molecular formula is C14H22N2O2S. The number of hydrogen-bond donors (Lipinski definition) is 2. The molecule has 1 aliphatic carbocycles. The Bertz CT molecular complexity index is 542. The first-order valence-electron chi connectivity index (χ1n) is 6.75. The lowest BCUT2D eigenvalue weighted by Crippen LogP contribution is -2.29. The van der Waals surface area contributed by atoms with Crippen LogP contribution in [0.4, 0.5) is 0 Å². The van der Waals surface area contributed by atoms with Gasteiger partial charge in [0.2, 0.25) is 10.0 Å². The Hall–Kier alpha value is -0.910. The van der Waals surface area contributed by atoms with Gasteiger partial charge in [0.1, 0.15) is 0 Å². The van der Waals surface area contributed by atoms with Crippen LogP contribution in [0.5, 0.6) is 0 Å². The maximum atomic E-state index is 11.4. The quantitative estimate of drug-likeness (QED) is 0.889. The normalized spacial score (nSPS) is 25.4. The van der Waals surface area contributed by atoms with Crippen molar-refractivity contribution < 1.29 is 8.42 Å². The fourth-order valence-electron chi connectivity index (χ4n) is 2.77. The predicted molar refractivity (Wildman–Crippen MR) is 76.2 cm³/mol. The molecule has 0 aromatic heterocycles. The molecular weight excluding hydrogens is 260 g/mol. The average Bonchev–Trinajstić information content (AvgIpc) is 2.74. The second kappa shape index (κ2) is 5.61. The number of primary sulfonamides is 1. The topological polar surface area (TPSA) is 72.2 Å². The smallest absolute Gasteiger partial charge is 0.238 e. The van der Waals surface area contributed by atoms with E-state index in [2.05, 4.69) is 19.2 Å². The number of sulfonamides is 1. The highest BCUT2D eigenvalue weighted by Crippen LogP contribution is 2.27. The van der Waals surface area contributed by atoms with E-state index in [1.807, 2.05) is 6.07 Å². The Morgan fingerprint density at radius 1 is 1.37 bits per heavy atom. The zero-order valence-corrected chi connectivity index (χ0v) is 12.3. The van der Waals surface area contributed by atoms with Gasteiger partial charge in [0.25, 0.3) is 0 Å². The van der Waals surface area contributed by atoms with Gasteiger partial charge in [-0.2, -0.15) is 0 Å². The summed E-state index contributed by atoms with van der Waals surface area (Å²) in [6.45, 7) is 4.33. The molecule has 1 aromatic carbocycles. The molecule has 1 aliphatic rings. The van der Waals surface area contributed by atoms with Crippen LogP contribution < -0.4 is 10.5 Å². The molecule has 1 aromatic rings. The molecule has 0 heterocycles. The Morgan fingerprint density at radius 2 is 2.11 bits per heavy atom. The minimum absolute atomic E-state index is 0.136. The highest BCUT2D eigenvalue weighted by atomic mass is 32.2. The van der Waals surface area contributed by atoms with Crippen LogP contribution in [-0.2, 0) is 10.0 Å². The third kappa shape index (κ3) is 3.78. The molecule has 0 spiro atoms. The van der Waals surface area contributed by atoms with Crippen LogP contribution in [-0.4, -0.2) is 14.5 Å². The zero-order chi connectivity index (χ0) is 14.0. The van der Waals surface area contributed by atoms with Crippen LogP contribution in [0.25, 0.3) is 0 Å². The summed E-state index contributed by atoms with van der Waals surface area (Å²) >= 11 is 0. The second-order valence-electron chi connectivity index (χ2n) is 5.62. The summed E-state index contributed by atoms with van der Waals surface area (Å²) in [5.41, 5.74) is 0.964. The third-order valence-corrected chi connectivity index (χ3v) is 4.78. The van der Waals surface area contributed by atoms with E-state index in [1.54, 1.807) is 12.1 Å². The zero-order valence-electron chi connectivity index (χ0n) is 11.5. The summed E-state index contributed by atoms with van der Waals surface area (Å²) in [6, 6.07) is 7.53. The molecule has 1 fully saturated rings. The Morgan fingerprint density at radius 3 is 2.68 bits per heavy atom. The van der Waals surface area contributed by atoms with Crippen LogP contribution in [0.1, 0.15) is 44.7 Å². The molecule has 2 rings (SSSR count). The van der Waals surface area contributed by atoms with Gasteiger partial charge in [0.15, 0.2) is 0 Å². The van der Waals surface area contributed by atoms with Crippen LogP contribution in [0.3, 0.4) is 0 Å². The highest BCUT2D eigenvalue weighted by Gasteiger charge is 2.23. The van der Waals surface area contributed by atoms with Crippen molar-refractivity contribution in [1.29, 1.82) is 0 Å². The fraction of sp³-hybridized carbons (Fsp3) is 0.571. The number of benzene rings is 1. The van der Waals surface area contributed by atoms with Crippen LogP contribution in [0, 0.1) is 5.92 Å². The van der Waals surface area contributed by atoms with Gasteiger partial charge in [0.05, 0.1) is 4.90 Å². The minimum Gasteiger partial charge on any atom is -0.307 e. The Kier molecular flexibility index (Phi) is 4.28. The summed E-state index contributed by atoms with van der Waals surface area (Å²) in [5, 5.41) is 8.73. The first kappa shape index (κ1) is 14.5. The van der Waals surface area contributed by atoms with Crippen molar-refractivity contribution in [3.05, 3.63) is 29.8 Å². The van der Waals surface area contributed by atoms with Gasteiger partial charge in [0, 0.05) is 12.1 Å². The molecule has 106 valence electrons. The second-order valence-corrected chi connectivity index (χ2v) is 7.18. The number of hydrogen-bond acceptors (Lipinski definition) is 3. The van der Waals surface area contributed by atoms with Gasteiger partial charge in [-0.15, -0.1) is 0 Å². The molecule has 3 unspecified atom stereocenters. The van der Waals surface area contributed by atoms with Gasteiger partial charge in [-0.1, -0.05) is 19.1 Å². The standard InChI is InChI=1S/C14H22N2O2S/c1-10-6-7-13(8-10)16-11(2)12-4-3-5-14(9-12)19(15,17)18/h3-5,9-11,13,16H,6-8H2,1-2H3,(H2,15,17,18). The number of rotatable bonds is 4. The third-order valence-electron chi connectivity index (χ3n) is 3.87. The van der Waals surface area contributed by atoms with Crippen molar-refractivity contribution in [2.75, 3.05) is 0 Å². The van der Waals surface area contributed by atoms with E-state index in [4.69, 9.17) is 5.14 Å². The summed E-state index contributed by atoms with van der Waals surface area (Å²) in [7, 11) is -3.62. The first-order chi connectivity index (χ1) is 8.86. The van der Waals surface area contributed by atoms with E-state index >= 15 is 0 Å². The molecule has 0 radical (unpaired) electrons. The Labute approximate surface area is 115 Å². The largest absolute Gasteiger partial charge is 0.307 e. The summed E-state index contributed by atoms with van der Waals surface area (Å²) in [4.78, 5) is 0.179. The van der Waals surface area contributed by atoms with Gasteiger partial charge in [-0.3, -0.25) is 0 Å². The van der Waals surface area contributed by atoms with E-state index in [0.717, 1.165) is 11.5 Å². The SMILES string of the molecule is CC1CCC(NC(C)c2cccc(S(N)(=O)=O)c2)C1. The minimum atomic E-state index is -3.62. The van der Waals surface area contributed by atoms with Gasteiger partial charge < -0.3 is 5.32 Å². The molecule has 3 N–H and O–H groups in total. The van der Waals surface area contributed by atoms with E-state index in [0.29, 0.717) is 6.04 Å². The lowest BCUT2D eigenvalue weighted by Gasteiger charge is -2.20. The van der Waals surface area contributed by atoms with Crippen molar-refractivity contribution in [2.24, 2.45) is 11.1 Å². The number of nitrogens with two attached hydrogens (primary N) is 1. The maximum absolute atomic E-state index is 11.4. The van der Waals surface area contributed by atoms with Crippen molar-refractivity contribution in [3.8, 4) is 0 Å².